The van der Waals surface area contributed by atoms with E-state index < -0.39 is 5.41 Å². The van der Waals surface area contributed by atoms with Crippen molar-refractivity contribution in [1.82, 2.24) is 10.2 Å². The minimum absolute atomic E-state index is 0. The highest BCUT2D eigenvalue weighted by atomic mass is 35.5. The Morgan fingerprint density at radius 1 is 1.33 bits per heavy atom. The standard InChI is InChI=1S/C17H27N3O3.ClH/c1-3-17(4-2,12-18)16(22)19-14-5-8-20(9-6-14)15(21)13-7-10-23-11-13;/h7,10-11,14H,3-6,8-9,12,18H2,1-2H3,(H,19,22);1H. The highest BCUT2D eigenvalue weighted by molar-refractivity contribution is 5.93. The van der Waals surface area contributed by atoms with Crippen molar-refractivity contribution in [2.75, 3.05) is 19.6 Å². The fraction of sp³-hybridized carbons (Fsp3) is 0.647. The molecule has 0 radical (unpaired) electrons. The first-order valence-electron chi connectivity index (χ1n) is 8.38. The molecule has 1 fully saturated rings. The van der Waals surface area contributed by atoms with Gasteiger partial charge in [-0.2, -0.15) is 0 Å². The third-order valence-electron chi connectivity index (χ3n) is 5.11. The summed E-state index contributed by atoms with van der Waals surface area (Å²) in [6.45, 7) is 5.65. The number of hydrogen-bond donors (Lipinski definition) is 2. The molecule has 0 unspecified atom stereocenters. The Morgan fingerprint density at radius 3 is 2.42 bits per heavy atom. The SMILES string of the molecule is CCC(CC)(CN)C(=O)NC1CCN(C(=O)c2ccoc2)CC1.Cl. The molecule has 1 aliphatic rings. The highest BCUT2D eigenvalue weighted by Crippen LogP contribution is 2.26. The third kappa shape index (κ3) is 4.30. The van der Waals surface area contributed by atoms with Crippen LogP contribution < -0.4 is 11.1 Å². The number of amides is 2. The van der Waals surface area contributed by atoms with Gasteiger partial charge in [-0.3, -0.25) is 9.59 Å². The molecule has 6 nitrogen and oxygen atoms in total. The average Bonchev–Trinajstić information content (AvgIpc) is 3.11. The summed E-state index contributed by atoms with van der Waals surface area (Å²) in [4.78, 5) is 26.6. The maximum absolute atomic E-state index is 12.5. The van der Waals surface area contributed by atoms with Gasteiger partial charge in [0.15, 0.2) is 0 Å². The maximum Gasteiger partial charge on any atom is 0.257 e. The van der Waals surface area contributed by atoms with E-state index in [9.17, 15) is 9.59 Å². The molecule has 3 N–H and O–H groups in total. The molecular weight excluding hydrogens is 330 g/mol. The topological polar surface area (TPSA) is 88.6 Å². The van der Waals surface area contributed by atoms with Gasteiger partial charge in [-0.1, -0.05) is 13.8 Å². The number of nitrogens with zero attached hydrogens (tertiary/aromatic N) is 1. The molecule has 0 aliphatic carbocycles. The van der Waals surface area contributed by atoms with E-state index in [0.29, 0.717) is 25.2 Å². The van der Waals surface area contributed by atoms with Crippen molar-refractivity contribution in [3.8, 4) is 0 Å². The Hall–Kier alpha value is -1.53. The van der Waals surface area contributed by atoms with E-state index in [-0.39, 0.29) is 30.3 Å². The van der Waals surface area contributed by atoms with E-state index >= 15 is 0 Å². The van der Waals surface area contributed by atoms with Crippen molar-refractivity contribution in [2.24, 2.45) is 11.1 Å². The lowest BCUT2D eigenvalue weighted by molar-refractivity contribution is -0.132. The highest BCUT2D eigenvalue weighted by Gasteiger charge is 2.35. The number of hydrogen-bond acceptors (Lipinski definition) is 4. The van der Waals surface area contributed by atoms with Crippen LogP contribution in [0.15, 0.2) is 23.0 Å². The van der Waals surface area contributed by atoms with E-state index in [1.807, 2.05) is 18.7 Å². The van der Waals surface area contributed by atoms with Crippen LogP contribution in [0.3, 0.4) is 0 Å². The first-order valence-corrected chi connectivity index (χ1v) is 8.38. The van der Waals surface area contributed by atoms with Crippen LogP contribution in [0.2, 0.25) is 0 Å². The van der Waals surface area contributed by atoms with Crippen LogP contribution in [0.5, 0.6) is 0 Å². The Bertz CT molecular complexity index is 513. The smallest absolute Gasteiger partial charge is 0.257 e. The van der Waals surface area contributed by atoms with E-state index in [4.69, 9.17) is 10.2 Å². The first kappa shape index (κ1) is 20.5. The Labute approximate surface area is 149 Å². The molecule has 1 aromatic rings. The predicted octanol–water partition coefficient (Wildman–Crippen LogP) is 2.19. The van der Waals surface area contributed by atoms with Crippen molar-refractivity contribution in [3.63, 3.8) is 0 Å². The van der Waals surface area contributed by atoms with Gasteiger partial charge in [0.25, 0.3) is 5.91 Å². The van der Waals surface area contributed by atoms with Crippen molar-refractivity contribution in [3.05, 3.63) is 24.2 Å². The van der Waals surface area contributed by atoms with Crippen LogP contribution in [0.4, 0.5) is 0 Å². The predicted molar refractivity (Wildman–Crippen MR) is 95.1 cm³/mol. The molecule has 1 aromatic heterocycles. The second-order valence-electron chi connectivity index (χ2n) is 6.24. The van der Waals surface area contributed by atoms with Gasteiger partial charge in [-0.25, -0.2) is 0 Å². The summed E-state index contributed by atoms with van der Waals surface area (Å²) in [5, 5.41) is 3.13. The number of carbonyl (C=O) groups is 2. The average molecular weight is 358 g/mol. The zero-order valence-corrected chi connectivity index (χ0v) is 15.2. The summed E-state index contributed by atoms with van der Waals surface area (Å²) in [6, 6.07) is 1.79. The van der Waals surface area contributed by atoms with Crippen molar-refractivity contribution >= 4 is 24.2 Å². The molecule has 136 valence electrons. The maximum atomic E-state index is 12.5. The molecule has 2 rings (SSSR count). The monoisotopic (exact) mass is 357 g/mol. The lowest BCUT2D eigenvalue weighted by Crippen LogP contribution is -2.52. The van der Waals surface area contributed by atoms with Crippen molar-refractivity contribution < 1.29 is 14.0 Å². The number of furan rings is 1. The van der Waals surface area contributed by atoms with Gasteiger partial charge in [0.1, 0.15) is 6.26 Å². The Kier molecular flexibility index (Phi) is 7.76. The zero-order chi connectivity index (χ0) is 16.9. The molecular formula is C17H28ClN3O3. The van der Waals surface area contributed by atoms with Crippen molar-refractivity contribution in [2.45, 2.75) is 45.6 Å². The van der Waals surface area contributed by atoms with Gasteiger partial charge in [-0.05, 0) is 31.7 Å². The van der Waals surface area contributed by atoms with E-state index in [1.165, 1.54) is 12.5 Å². The molecule has 1 saturated heterocycles. The second-order valence-corrected chi connectivity index (χ2v) is 6.24. The summed E-state index contributed by atoms with van der Waals surface area (Å²) in [5.74, 6) is 0.0339. The van der Waals surface area contributed by atoms with Crippen molar-refractivity contribution in [1.29, 1.82) is 0 Å². The number of piperidine rings is 1. The number of rotatable bonds is 6. The van der Waals surface area contributed by atoms with E-state index in [0.717, 1.165) is 25.7 Å². The summed E-state index contributed by atoms with van der Waals surface area (Å²) >= 11 is 0. The molecule has 0 bridgehead atoms. The third-order valence-corrected chi connectivity index (χ3v) is 5.11. The molecule has 2 amide bonds. The minimum Gasteiger partial charge on any atom is -0.472 e. The van der Waals surface area contributed by atoms with Gasteiger partial charge in [0, 0.05) is 25.7 Å². The van der Waals surface area contributed by atoms with E-state index in [2.05, 4.69) is 5.32 Å². The summed E-state index contributed by atoms with van der Waals surface area (Å²) in [7, 11) is 0. The zero-order valence-electron chi connectivity index (χ0n) is 14.4. The lowest BCUT2D eigenvalue weighted by Gasteiger charge is -2.35. The van der Waals surface area contributed by atoms with Crippen LogP contribution in [-0.2, 0) is 4.79 Å². The molecule has 7 heteroatoms. The molecule has 0 atom stereocenters. The van der Waals surface area contributed by atoms with Gasteiger partial charge in [-0.15, -0.1) is 12.4 Å². The van der Waals surface area contributed by atoms with Gasteiger partial charge in [0.05, 0.1) is 17.2 Å². The number of halogens is 1. The minimum atomic E-state index is -0.469. The van der Waals surface area contributed by atoms with E-state index in [1.54, 1.807) is 6.07 Å². The molecule has 0 saturated carbocycles. The largest absolute Gasteiger partial charge is 0.472 e. The van der Waals surface area contributed by atoms with Gasteiger partial charge < -0.3 is 20.4 Å². The Morgan fingerprint density at radius 2 is 1.96 bits per heavy atom. The molecule has 0 spiro atoms. The van der Waals surface area contributed by atoms with Gasteiger partial charge >= 0.3 is 0 Å². The van der Waals surface area contributed by atoms with Crippen LogP contribution >= 0.6 is 12.4 Å². The fourth-order valence-electron chi connectivity index (χ4n) is 3.09. The first-order chi connectivity index (χ1) is 11.1. The summed E-state index contributed by atoms with van der Waals surface area (Å²) < 4.78 is 4.96. The van der Waals surface area contributed by atoms with Crippen LogP contribution in [0.1, 0.15) is 49.9 Å². The number of nitrogens with one attached hydrogen (secondary N) is 1. The molecule has 24 heavy (non-hydrogen) atoms. The molecule has 1 aliphatic heterocycles. The lowest BCUT2D eigenvalue weighted by atomic mass is 9.81. The summed E-state index contributed by atoms with van der Waals surface area (Å²) in [6.07, 6.45) is 5.98. The second kappa shape index (κ2) is 9.08. The molecule has 0 aromatic carbocycles. The van der Waals surface area contributed by atoms with Crippen LogP contribution in [0.25, 0.3) is 0 Å². The van der Waals surface area contributed by atoms with Crippen LogP contribution in [0, 0.1) is 5.41 Å². The number of nitrogens with two attached hydrogens (primary N) is 1. The van der Waals surface area contributed by atoms with Gasteiger partial charge in [0.2, 0.25) is 5.91 Å². The summed E-state index contributed by atoms with van der Waals surface area (Å²) in [5.41, 5.74) is 5.94. The van der Waals surface area contributed by atoms with Crippen LogP contribution in [-0.4, -0.2) is 42.4 Å². The fourth-order valence-corrected chi connectivity index (χ4v) is 3.09. The molecule has 2 heterocycles. The Balaban J connectivity index is 0.00000288. The normalized spacial score (nSPS) is 15.7. The number of carbonyl (C=O) groups excluding carboxylic acids is 2. The number of likely N-dealkylation sites (tertiary alicyclic amines) is 1. The quantitative estimate of drug-likeness (QED) is 0.816.